The van der Waals surface area contributed by atoms with Crippen molar-refractivity contribution in [2.75, 3.05) is 20.3 Å². The molecule has 0 fully saturated rings. The third-order valence-electron chi connectivity index (χ3n) is 4.05. The van der Waals surface area contributed by atoms with Crippen LogP contribution in [0.25, 0.3) is 0 Å². The molecule has 2 rings (SSSR count). The molecule has 0 aliphatic heterocycles. The molecule has 0 saturated heterocycles. The van der Waals surface area contributed by atoms with Gasteiger partial charge in [-0.1, -0.05) is 42.5 Å². The molecule has 0 heterocycles. The molecule has 2 aromatic carbocycles. The minimum Gasteiger partial charge on any atom is -0.484 e. The number of nitrogens with zero attached hydrogens (tertiary/aromatic N) is 1. The molecule has 2 amide bonds. The second-order valence-electron chi connectivity index (χ2n) is 6.20. The van der Waals surface area contributed by atoms with Crippen LogP contribution in [0.1, 0.15) is 17.5 Å². The summed E-state index contributed by atoms with van der Waals surface area (Å²) in [6.45, 7) is 0.446. The van der Waals surface area contributed by atoms with Gasteiger partial charge in [0.15, 0.2) is 6.61 Å². The Kier molecular flexibility index (Phi) is 8.02. The van der Waals surface area contributed by atoms with Crippen molar-refractivity contribution >= 4 is 17.8 Å². The maximum Gasteiger partial charge on any atom is 0.307 e. The number of carbonyl (C=O) groups excluding carboxylic acids is 3. The van der Waals surface area contributed by atoms with Crippen molar-refractivity contribution in [3.05, 3.63) is 65.7 Å². The SMILES string of the molecule is COC(=O)CCN(Cc1ccccc1)C(=O)COc1ccc(CC(N)=O)cc1. The molecule has 2 N–H and O–H groups in total. The maximum atomic E-state index is 12.6. The molecule has 2 aromatic rings. The van der Waals surface area contributed by atoms with Crippen LogP contribution in [-0.4, -0.2) is 42.9 Å². The summed E-state index contributed by atoms with van der Waals surface area (Å²) < 4.78 is 10.2. The number of primary amides is 1. The third-order valence-corrected chi connectivity index (χ3v) is 4.05. The second kappa shape index (κ2) is 10.7. The van der Waals surface area contributed by atoms with Crippen molar-refractivity contribution in [2.24, 2.45) is 5.73 Å². The highest BCUT2D eigenvalue weighted by molar-refractivity contribution is 5.79. The summed E-state index contributed by atoms with van der Waals surface area (Å²) >= 11 is 0. The number of hydrogen-bond acceptors (Lipinski definition) is 5. The Morgan fingerprint density at radius 3 is 2.25 bits per heavy atom. The Labute approximate surface area is 164 Å². The van der Waals surface area contributed by atoms with Crippen LogP contribution in [0, 0.1) is 0 Å². The lowest BCUT2D eigenvalue weighted by molar-refractivity contribution is -0.142. The number of benzene rings is 2. The van der Waals surface area contributed by atoms with E-state index in [4.69, 9.17) is 10.5 Å². The predicted molar refractivity (Wildman–Crippen MR) is 103 cm³/mol. The molecular formula is C21H24N2O5. The maximum absolute atomic E-state index is 12.6. The molecule has 0 aromatic heterocycles. The number of hydrogen-bond donors (Lipinski definition) is 1. The van der Waals surface area contributed by atoms with Crippen LogP contribution in [-0.2, 0) is 32.1 Å². The van der Waals surface area contributed by atoms with Gasteiger partial charge in [-0.3, -0.25) is 14.4 Å². The number of amides is 2. The number of nitrogens with two attached hydrogens (primary N) is 1. The normalized spacial score (nSPS) is 10.2. The molecule has 7 nitrogen and oxygen atoms in total. The Bertz CT molecular complexity index is 790. The lowest BCUT2D eigenvalue weighted by Crippen LogP contribution is -2.36. The fourth-order valence-electron chi connectivity index (χ4n) is 2.57. The van der Waals surface area contributed by atoms with Crippen molar-refractivity contribution in [1.82, 2.24) is 4.90 Å². The zero-order valence-electron chi connectivity index (χ0n) is 15.8. The van der Waals surface area contributed by atoms with Gasteiger partial charge in [-0.2, -0.15) is 0 Å². The van der Waals surface area contributed by atoms with Crippen molar-refractivity contribution in [2.45, 2.75) is 19.4 Å². The van der Waals surface area contributed by atoms with Crippen molar-refractivity contribution in [3.63, 3.8) is 0 Å². The van der Waals surface area contributed by atoms with Crippen LogP contribution >= 0.6 is 0 Å². The largest absolute Gasteiger partial charge is 0.484 e. The Morgan fingerprint density at radius 2 is 1.64 bits per heavy atom. The summed E-state index contributed by atoms with van der Waals surface area (Å²) in [5, 5.41) is 0. The quantitative estimate of drug-likeness (QED) is 0.629. The van der Waals surface area contributed by atoms with E-state index in [-0.39, 0.29) is 37.9 Å². The van der Waals surface area contributed by atoms with Gasteiger partial charge in [-0.15, -0.1) is 0 Å². The van der Waals surface area contributed by atoms with E-state index >= 15 is 0 Å². The van der Waals surface area contributed by atoms with Gasteiger partial charge in [-0.05, 0) is 23.3 Å². The van der Waals surface area contributed by atoms with Gasteiger partial charge in [0.1, 0.15) is 5.75 Å². The molecule has 28 heavy (non-hydrogen) atoms. The highest BCUT2D eigenvalue weighted by atomic mass is 16.5. The lowest BCUT2D eigenvalue weighted by atomic mass is 10.1. The van der Waals surface area contributed by atoms with E-state index in [1.165, 1.54) is 7.11 Å². The minimum atomic E-state index is -0.411. The highest BCUT2D eigenvalue weighted by Crippen LogP contribution is 2.13. The fraction of sp³-hybridized carbons (Fsp3) is 0.286. The van der Waals surface area contributed by atoms with E-state index in [9.17, 15) is 14.4 Å². The summed E-state index contributed by atoms with van der Waals surface area (Å²) in [5.74, 6) is -0.522. The Hall–Kier alpha value is -3.35. The zero-order chi connectivity index (χ0) is 20.4. The van der Waals surface area contributed by atoms with Gasteiger partial charge >= 0.3 is 5.97 Å². The van der Waals surface area contributed by atoms with E-state index in [0.717, 1.165) is 11.1 Å². The van der Waals surface area contributed by atoms with Gasteiger partial charge in [-0.25, -0.2) is 0 Å². The molecule has 0 saturated carbocycles. The first-order valence-corrected chi connectivity index (χ1v) is 8.86. The van der Waals surface area contributed by atoms with Crippen LogP contribution in [0.4, 0.5) is 0 Å². The lowest BCUT2D eigenvalue weighted by Gasteiger charge is -2.22. The van der Waals surface area contributed by atoms with E-state index in [1.807, 2.05) is 30.3 Å². The van der Waals surface area contributed by atoms with E-state index in [1.54, 1.807) is 29.2 Å². The molecule has 0 aliphatic carbocycles. The van der Waals surface area contributed by atoms with Gasteiger partial charge in [0.05, 0.1) is 20.0 Å². The molecule has 0 spiro atoms. The standard InChI is InChI=1S/C21H24N2O5/c1-27-21(26)11-12-23(14-17-5-3-2-4-6-17)20(25)15-28-18-9-7-16(8-10-18)13-19(22)24/h2-10H,11-15H2,1H3,(H2,22,24). The number of ether oxygens (including phenoxy) is 2. The second-order valence-corrected chi connectivity index (χ2v) is 6.20. The first-order chi connectivity index (χ1) is 13.5. The zero-order valence-corrected chi connectivity index (χ0v) is 15.8. The van der Waals surface area contributed by atoms with E-state index in [2.05, 4.69) is 4.74 Å². The average molecular weight is 384 g/mol. The van der Waals surface area contributed by atoms with Gasteiger partial charge in [0.2, 0.25) is 5.91 Å². The Morgan fingerprint density at radius 1 is 0.964 bits per heavy atom. The van der Waals surface area contributed by atoms with Crippen molar-refractivity contribution in [1.29, 1.82) is 0 Å². The molecule has 0 aliphatic rings. The topological polar surface area (TPSA) is 98.9 Å². The van der Waals surface area contributed by atoms with Gasteiger partial charge < -0.3 is 20.1 Å². The number of carbonyl (C=O) groups is 3. The van der Waals surface area contributed by atoms with Crippen LogP contribution in [0.15, 0.2) is 54.6 Å². The van der Waals surface area contributed by atoms with Crippen LogP contribution in [0.5, 0.6) is 5.75 Å². The average Bonchev–Trinajstić information content (AvgIpc) is 2.70. The van der Waals surface area contributed by atoms with Crippen LogP contribution < -0.4 is 10.5 Å². The minimum absolute atomic E-state index is 0.108. The fourth-order valence-corrected chi connectivity index (χ4v) is 2.57. The smallest absolute Gasteiger partial charge is 0.307 e. The summed E-state index contributed by atoms with van der Waals surface area (Å²) in [6, 6.07) is 16.3. The van der Waals surface area contributed by atoms with E-state index in [0.29, 0.717) is 12.3 Å². The molecular weight excluding hydrogens is 360 g/mol. The number of esters is 1. The van der Waals surface area contributed by atoms with Gasteiger partial charge in [0.25, 0.3) is 5.91 Å². The molecule has 7 heteroatoms. The van der Waals surface area contributed by atoms with Crippen LogP contribution in [0.2, 0.25) is 0 Å². The Balaban J connectivity index is 1.96. The van der Waals surface area contributed by atoms with Gasteiger partial charge in [0, 0.05) is 13.1 Å². The summed E-state index contributed by atoms with van der Waals surface area (Å²) in [6.07, 6.45) is 0.258. The molecule has 148 valence electrons. The molecule has 0 atom stereocenters. The molecule has 0 bridgehead atoms. The number of rotatable bonds is 10. The van der Waals surface area contributed by atoms with Crippen molar-refractivity contribution < 1.29 is 23.9 Å². The summed E-state index contributed by atoms with van der Waals surface area (Å²) in [7, 11) is 1.32. The first-order valence-electron chi connectivity index (χ1n) is 8.86. The third kappa shape index (κ3) is 7.11. The molecule has 0 unspecified atom stereocenters. The number of methoxy groups -OCH3 is 1. The highest BCUT2D eigenvalue weighted by Gasteiger charge is 2.16. The first kappa shape index (κ1) is 21.0. The van der Waals surface area contributed by atoms with Crippen LogP contribution in [0.3, 0.4) is 0 Å². The predicted octanol–water partition coefficient (Wildman–Crippen LogP) is 1.69. The summed E-state index contributed by atoms with van der Waals surface area (Å²) in [5.41, 5.74) is 6.89. The summed E-state index contributed by atoms with van der Waals surface area (Å²) in [4.78, 5) is 36.6. The van der Waals surface area contributed by atoms with Crippen molar-refractivity contribution in [3.8, 4) is 5.75 Å². The van der Waals surface area contributed by atoms with E-state index < -0.39 is 5.91 Å². The monoisotopic (exact) mass is 384 g/mol. The molecule has 0 radical (unpaired) electrons.